The minimum absolute atomic E-state index is 0.0104. The zero-order valence-corrected chi connectivity index (χ0v) is 9.02. The van der Waals surface area contributed by atoms with E-state index >= 15 is 0 Å². The van der Waals surface area contributed by atoms with E-state index in [1.165, 1.54) is 0 Å². The second kappa shape index (κ2) is 5.47. The Kier molecular flexibility index (Phi) is 4.97. The second-order valence-electron chi connectivity index (χ2n) is 4.38. The molecular formula is C9H19N3O2. The molecule has 0 aliphatic heterocycles. The van der Waals surface area contributed by atoms with Crippen LogP contribution < -0.4 is 16.4 Å². The van der Waals surface area contributed by atoms with Crippen LogP contribution in [0.2, 0.25) is 0 Å². The van der Waals surface area contributed by atoms with Crippen LogP contribution in [0.4, 0.5) is 4.79 Å². The molecule has 0 aliphatic carbocycles. The highest BCUT2D eigenvalue weighted by atomic mass is 16.2. The van der Waals surface area contributed by atoms with E-state index in [1.807, 2.05) is 20.8 Å². The van der Waals surface area contributed by atoms with Crippen LogP contribution in [0.15, 0.2) is 0 Å². The Balaban J connectivity index is 3.50. The van der Waals surface area contributed by atoms with Crippen molar-refractivity contribution in [1.82, 2.24) is 10.6 Å². The van der Waals surface area contributed by atoms with E-state index in [0.717, 1.165) is 0 Å². The Labute approximate surface area is 84.4 Å². The number of rotatable bonds is 4. The van der Waals surface area contributed by atoms with Gasteiger partial charge in [-0.2, -0.15) is 0 Å². The second-order valence-corrected chi connectivity index (χ2v) is 4.38. The molecule has 0 aromatic rings. The molecule has 82 valence electrons. The maximum atomic E-state index is 11.2. The molecule has 0 bridgehead atoms. The number of carbonyl (C=O) groups is 2. The number of hydrogen-bond acceptors (Lipinski definition) is 2. The maximum Gasteiger partial charge on any atom is 0.312 e. The van der Waals surface area contributed by atoms with E-state index in [9.17, 15) is 9.59 Å². The van der Waals surface area contributed by atoms with Gasteiger partial charge in [0.1, 0.15) is 0 Å². The van der Waals surface area contributed by atoms with E-state index < -0.39 is 6.03 Å². The summed E-state index contributed by atoms with van der Waals surface area (Å²) in [5, 5.41) is 5.07. The molecule has 0 saturated heterocycles. The normalized spacial score (nSPS) is 10.8. The van der Waals surface area contributed by atoms with Gasteiger partial charge in [0.2, 0.25) is 5.91 Å². The summed E-state index contributed by atoms with van der Waals surface area (Å²) in [4.78, 5) is 21.5. The Bertz CT molecular complexity index is 209. The first-order valence-electron chi connectivity index (χ1n) is 4.61. The lowest BCUT2D eigenvalue weighted by Gasteiger charge is -2.17. The fourth-order valence-electron chi connectivity index (χ4n) is 0.932. The number of amides is 3. The third kappa shape index (κ3) is 8.83. The summed E-state index contributed by atoms with van der Waals surface area (Å²) in [6.07, 6.45) is 0.476. The lowest BCUT2D eigenvalue weighted by molar-refractivity contribution is -0.122. The van der Waals surface area contributed by atoms with Gasteiger partial charge in [-0.25, -0.2) is 4.79 Å². The molecule has 0 fully saturated rings. The first-order valence-corrected chi connectivity index (χ1v) is 4.61. The van der Waals surface area contributed by atoms with Gasteiger partial charge in [-0.05, 0) is 5.41 Å². The van der Waals surface area contributed by atoms with Crippen molar-refractivity contribution in [2.75, 3.05) is 13.1 Å². The molecule has 3 amide bonds. The molecule has 0 radical (unpaired) electrons. The number of carbonyl (C=O) groups excluding carboxylic acids is 2. The summed E-state index contributed by atoms with van der Waals surface area (Å²) in [6.45, 7) is 6.76. The first-order chi connectivity index (χ1) is 6.31. The molecule has 14 heavy (non-hydrogen) atoms. The van der Waals surface area contributed by atoms with Gasteiger partial charge in [0.25, 0.3) is 0 Å². The third-order valence-electron chi connectivity index (χ3n) is 1.44. The molecule has 0 atom stereocenters. The molecule has 4 N–H and O–H groups in total. The maximum absolute atomic E-state index is 11.2. The topological polar surface area (TPSA) is 84.2 Å². The molecule has 0 rings (SSSR count). The van der Waals surface area contributed by atoms with E-state index in [1.54, 1.807) is 0 Å². The molecule has 0 saturated carbocycles. The SMILES string of the molecule is CC(C)(C)CC(=O)NCCNC(N)=O. The summed E-state index contributed by atoms with van der Waals surface area (Å²) in [6, 6.07) is -0.574. The lowest BCUT2D eigenvalue weighted by atomic mass is 9.92. The smallest absolute Gasteiger partial charge is 0.312 e. The van der Waals surface area contributed by atoms with Gasteiger partial charge in [0.15, 0.2) is 0 Å². The Hall–Kier alpha value is -1.26. The predicted molar refractivity (Wildman–Crippen MR) is 54.7 cm³/mol. The van der Waals surface area contributed by atoms with Gasteiger partial charge >= 0.3 is 6.03 Å². The molecule has 0 unspecified atom stereocenters. The van der Waals surface area contributed by atoms with E-state index in [-0.39, 0.29) is 11.3 Å². The van der Waals surface area contributed by atoms with E-state index in [0.29, 0.717) is 19.5 Å². The molecule has 0 spiro atoms. The quantitative estimate of drug-likeness (QED) is 0.568. The van der Waals surface area contributed by atoms with Gasteiger partial charge in [-0.15, -0.1) is 0 Å². The van der Waals surface area contributed by atoms with Gasteiger partial charge in [0, 0.05) is 19.5 Å². The third-order valence-corrected chi connectivity index (χ3v) is 1.44. The molecule has 0 heterocycles. The highest BCUT2D eigenvalue weighted by Crippen LogP contribution is 2.17. The molecule has 5 heteroatoms. The van der Waals surface area contributed by atoms with Crippen LogP contribution in [0, 0.1) is 5.41 Å². The van der Waals surface area contributed by atoms with Gasteiger partial charge < -0.3 is 16.4 Å². The fraction of sp³-hybridized carbons (Fsp3) is 0.778. The van der Waals surface area contributed by atoms with Crippen LogP contribution in [-0.2, 0) is 4.79 Å². The molecule has 0 aromatic carbocycles. The largest absolute Gasteiger partial charge is 0.354 e. The standard InChI is InChI=1S/C9H19N3O2/c1-9(2,3)6-7(13)11-4-5-12-8(10)14/h4-6H2,1-3H3,(H,11,13)(H3,10,12,14). The molecule has 5 nitrogen and oxygen atoms in total. The van der Waals surface area contributed by atoms with E-state index in [2.05, 4.69) is 10.6 Å². The highest BCUT2D eigenvalue weighted by Gasteiger charge is 2.14. The van der Waals surface area contributed by atoms with Crippen molar-refractivity contribution in [3.05, 3.63) is 0 Å². The van der Waals surface area contributed by atoms with Crippen LogP contribution in [0.1, 0.15) is 27.2 Å². The minimum atomic E-state index is -0.574. The van der Waals surface area contributed by atoms with Gasteiger partial charge in [-0.3, -0.25) is 4.79 Å². The average molecular weight is 201 g/mol. The number of nitrogens with two attached hydrogens (primary N) is 1. The molecule has 0 aliphatic rings. The minimum Gasteiger partial charge on any atom is -0.354 e. The molecular weight excluding hydrogens is 182 g/mol. The van der Waals surface area contributed by atoms with Crippen LogP contribution >= 0.6 is 0 Å². The highest BCUT2D eigenvalue weighted by molar-refractivity contribution is 5.76. The van der Waals surface area contributed by atoms with Crippen LogP contribution in [0.25, 0.3) is 0 Å². The lowest BCUT2D eigenvalue weighted by Crippen LogP contribution is -2.38. The van der Waals surface area contributed by atoms with Crippen LogP contribution in [0.3, 0.4) is 0 Å². The summed E-state index contributed by atoms with van der Waals surface area (Å²) in [5.74, 6) is -0.0104. The van der Waals surface area contributed by atoms with Gasteiger partial charge in [0.05, 0.1) is 0 Å². The summed E-state index contributed by atoms with van der Waals surface area (Å²) in [7, 11) is 0. The monoisotopic (exact) mass is 201 g/mol. The van der Waals surface area contributed by atoms with E-state index in [4.69, 9.17) is 5.73 Å². The molecule has 0 aromatic heterocycles. The van der Waals surface area contributed by atoms with Crippen molar-refractivity contribution in [3.63, 3.8) is 0 Å². The van der Waals surface area contributed by atoms with Crippen LogP contribution in [0.5, 0.6) is 0 Å². The fourth-order valence-corrected chi connectivity index (χ4v) is 0.932. The number of urea groups is 1. The van der Waals surface area contributed by atoms with Crippen LogP contribution in [-0.4, -0.2) is 25.0 Å². The average Bonchev–Trinajstić information content (AvgIpc) is 1.94. The van der Waals surface area contributed by atoms with Crippen molar-refractivity contribution in [3.8, 4) is 0 Å². The van der Waals surface area contributed by atoms with Crippen molar-refractivity contribution in [1.29, 1.82) is 0 Å². The number of nitrogens with one attached hydrogen (secondary N) is 2. The summed E-state index contributed by atoms with van der Waals surface area (Å²) in [5.41, 5.74) is 4.84. The Morgan fingerprint density at radius 3 is 2.07 bits per heavy atom. The number of primary amides is 1. The van der Waals surface area contributed by atoms with Crippen molar-refractivity contribution < 1.29 is 9.59 Å². The Morgan fingerprint density at radius 1 is 1.14 bits per heavy atom. The summed E-state index contributed by atoms with van der Waals surface area (Å²) >= 11 is 0. The van der Waals surface area contributed by atoms with Crippen molar-refractivity contribution in [2.24, 2.45) is 11.1 Å². The zero-order valence-electron chi connectivity index (χ0n) is 9.02. The van der Waals surface area contributed by atoms with Crippen molar-refractivity contribution >= 4 is 11.9 Å². The number of hydrogen-bond donors (Lipinski definition) is 3. The predicted octanol–water partition coefficient (Wildman–Crippen LogP) is 0.207. The van der Waals surface area contributed by atoms with Crippen molar-refractivity contribution in [2.45, 2.75) is 27.2 Å². The van der Waals surface area contributed by atoms with Gasteiger partial charge in [-0.1, -0.05) is 20.8 Å². The Morgan fingerprint density at radius 2 is 1.64 bits per heavy atom. The zero-order chi connectivity index (χ0) is 11.2. The summed E-state index contributed by atoms with van der Waals surface area (Å²) < 4.78 is 0. The first kappa shape index (κ1) is 12.7.